The maximum atomic E-state index is 8.93. The second-order valence-electron chi connectivity index (χ2n) is 4.19. The maximum Gasteiger partial charge on any atom is 0.138 e. The van der Waals surface area contributed by atoms with E-state index < -0.39 is 0 Å². The average molecular weight is 280 g/mol. The van der Waals surface area contributed by atoms with E-state index in [1.165, 1.54) is 19.3 Å². The minimum absolute atomic E-state index is 0.608. The van der Waals surface area contributed by atoms with Gasteiger partial charge in [-0.15, -0.1) is 0 Å². The van der Waals surface area contributed by atoms with E-state index >= 15 is 0 Å². The Morgan fingerprint density at radius 2 is 2.25 bits per heavy atom. The summed E-state index contributed by atoms with van der Waals surface area (Å²) >= 11 is 3.38. The van der Waals surface area contributed by atoms with Crippen molar-refractivity contribution in [2.45, 2.75) is 25.7 Å². The van der Waals surface area contributed by atoms with E-state index in [0.29, 0.717) is 11.3 Å². The highest BCUT2D eigenvalue weighted by atomic mass is 79.9. The van der Waals surface area contributed by atoms with Crippen molar-refractivity contribution in [2.75, 3.05) is 6.61 Å². The van der Waals surface area contributed by atoms with Crippen molar-refractivity contribution in [3.63, 3.8) is 0 Å². The van der Waals surface area contributed by atoms with Crippen LogP contribution in [0.25, 0.3) is 0 Å². The Balaban J connectivity index is 1.91. The predicted octanol–water partition coefficient (Wildman–Crippen LogP) is 3.89. The number of ether oxygens (including phenoxy) is 1. The smallest absolute Gasteiger partial charge is 0.138 e. The molecule has 1 aliphatic rings. The number of nitriles is 1. The number of halogens is 1. The van der Waals surface area contributed by atoms with Crippen LogP contribution >= 0.6 is 15.9 Å². The van der Waals surface area contributed by atoms with Crippen molar-refractivity contribution in [3.05, 3.63) is 28.2 Å². The molecule has 0 heterocycles. The molecule has 3 heteroatoms. The number of hydrogen-bond donors (Lipinski definition) is 0. The fourth-order valence-electron chi connectivity index (χ4n) is 1.82. The largest absolute Gasteiger partial charge is 0.492 e. The molecule has 0 aromatic heterocycles. The zero-order valence-electron chi connectivity index (χ0n) is 9.08. The summed E-state index contributed by atoms with van der Waals surface area (Å²) in [6.45, 7) is 0.718. The van der Waals surface area contributed by atoms with Crippen LogP contribution in [0.2, 0.25) is 0 Å². The first-order valence-electron chi connectivity index (χ1n) is 5.62. The van der Waals surface area contributed by atoms with Gasteiger partial charge in [0.1, 0.15) is 11.8 Å². The molecule has 0 amide bonds. The van der Waals surface area contributed by atoms with Crippen molar-refractivity contribution in [1.82, 2.24) is 0 Å². The van der Waals surface area contributed by atoms with Crippen LogP contribution < -0.4 is 4.74 Å². The Bertz CT molecular complexity index is 407. The Hall–Kier alpha value is -1.01. The second-order valence-corrected chi connectivity index (χ2v) is 5.10. The van der Waals surface area contributed by atoms with E-state index in [0.717, 1.165) is 23.4 Å². The van der Waals surface area contributed by atoms with Crippen LogP contribution in [0.4, 0.5) is 0 Å². The van der Waals surface area contributed by atoms with Gasteiger partial charge >= 0.3 is 0 Å². The molecule has 0 N–H and O–H groups in total. The highest BCUT2D eigenvalue weighted by molar-refractivity contribution is 9.10. The highest BCUT2D eigenvalue weighted by Gasteiger charge is 2.17. The lowest BCUT2D eigenvalue weighted by atomic mass is 9.83. The highest BCUT2D eigenvalue weighted by Crippen LogP contribution is 2.30. The molecule has 2 nitrogen and oxygen atoms in total. The van der Waals surface area contributed by atoms with Crippen molar-refractivity contribution >= 4 is 15.9 Å². The van der Waals surface area contributed by atoms with Crippen molar-refractivity contribution in [1.29, 1.82) is 5.26 Å². The van der Waals surface area contributed by atoms with Crippen LogP contribution in [0.15, 0.2) is 22.7 Å². The van der Waals surface area contributed by atoms with Gasteiger partial charge in [0.25, 0.3) is 0 Å². The molecule has 16 heavy (non-hydrogen) atoms. The van der Waals surface area contributed by atoms with E-state index in [9.17, 15) is 0 Å². The molecule has 0 saturated heterocycles. The van der Waals surface area contributed by atoms with Crippen LogP contribution in [0.5, 0.6) is 5.75 Å². The van der Waals surface area contributed by atoms with Gasteiger partial charge < -0.3 is 4.74 Å². The lowest BCUT2D eigenvalue weighted by Crippen LogP contribution is -2.14. The summed E-state index contributed by atoms with van der Waals surface area (Å²) in [6, 6.07) is 7.64. The fourth-order valence-corrected chi connectivity index (χ4v) is 2.17. The Morgan fingerprint density at radius 1 is 1.44 bits per heavy atom. The first-order chi connectivity index (χ1) is 7.79. The minimum atomic E-state index is 0.608. The lowest BCUT2D eigenvalue weighted by Gasteiger charge is -2.25. The lowest BCUT2D eigenvalue weighted by molar-refractivity contribution is 0.221. The van der Waals surface area contributed by atoms with Gasteiger partial charge in [0.05, 0.1) is 12.2 Å². The zero-order valence-corrected chi connectivity index (χ0v) is 10.7. The molecule has 0 atom stereocenters. The molecular weight excluding hydrogens is 266 g/mol. The number of hydrogen-bond acceptors (Lipinski definition) is 2. The first-order valence-corrected chi connectivity index (χ1v) is 6.41. The predicted molar refractivity (Wildman–Crippen MR) is 66.3 cm³/mol. The molecule has 1 aromatic rings. The summed E-state index contributed by atoms with van der Waals surface area (Å²) < 4.78 is 6.61. The Kier molecular flexibility index (Phi) is 3.84. The van der Waals surface area contributed by atoms with E-state index in [-0.39, 0.29) is 0 Å². The van der Waals surface area contributed by atoms with Gasteiger partial charge in [-0.3, -0.25) is 0 Å². The number of benzene rings is 1. The van der Waals surface area contributed by atoms with Crippen LogP contribution in [-0.4, -0.2) is 6.61 Å². The summed E-state index contributed by atoms with van der Waals surface area (Å²) in [5.74, 6) is 1.54. The number of rotatable bonds is 4. The normalized spacial score (nSPS) is 15.2. The molecule has 1 aromatic carbocycles. The van der Waals surface area contributed by atoms with Crippen LogP contribution in [0, 0.1) is 17.2 Å². The SMILES string of the molecule is N#Cc1ccc(Br)cc1OCCC1CCC1. The van der Waals surface area contributed by atoms with Gasteiger partial charge in [-0.25, -0.2) is 0 Å². The average Bonchev–Trinajstić information content (AvgIpc) is 2.22. The molecule has 84 valence electrons. The van der Waals surface area contributed by atoms with Crippen molar-refractivity contribution < 1.29 is 4.74 Å². The first kappa shape index (κ1) is 11.5. The summed E-state index contributed by atoms with van der Waals surface area (Å²) in [6.07, 6.45) is 5.16. The van der Waals surface area contributed by atoms with Gasteiger partial charge in [-0.05, 0) is 30.5 Å². The quantitative estimate of drug-likeness (QED) is 0.838. The van der Waals surface area contributed by atoms with E-state index in [1.54, 1.807) is 6.07 Å². The van der Waals surface area contributed by atoms with E-state index in [2.05, 4.69) is 22.0 Å². The molecule has 0 aliphatic heterocycles. The van der Waals surface area contributed by atoms with E-state index in [4.69, 9.17) is 10.00 Å². The Labute approximate surface area is 104 Å². The standard InChI is InChI=1S/C13H14BrNO/c14-12-5-4-11(9-15)13(8-12)16-7-6-10-2-1-3-10/h4-5,8,10H,1-3,6-7H2. The minimum Gasteiger partial charge on any atom is -0.492 e. The zero-order chi connectivity index (χ0) is 11.4. The molecule has 1 fully saturated rings. The number of nitrogens with zero attached hydrogens (tertiary/aromatic N) is 1. The van der Waals surface area contributed by atoms with E-state index in [1.807, 2.05) is 12.1 Å². The van der Waals surface area contributed by atoms with Crippen LogP contribution in [0.3, 0.4) is 0 Å². The second kappa shape index (κ2) is 5.36. The third-order valence-electron chi connectivity index (χ3n) is 3.07. The van der Waals surface area contributed by atoms with Gasteiger partial charge in [-0.1, -0.05) is 35.2 Å². The third-order valence-corrected chi connectivity index (χ3v) is 3.57. The molecular formula is C13H14BrNO. The molecule has 0 radical (unpaired) electrons. The summed E-state index contributed by atoms with van der Waals surface area (Å²) in [4.78, 5) is 0. The maximum absolute atomic E-state index is 8.93. The van der Waals surface area contributed by atoms with Gasteiger partial charge in [-0.2, -0.15) is 5.26 Å². The summed E-state index contributed by atoms with van der Waals surface area (Å²) in [7, 11) is 0. The Morgan fingerprint density at radius 3 is 2.88 bits per heavy atom. The van der Waals surface area contributed by atoms with Crippen molar-refractivity contribution in [2.24, 2.45) is 5.92 Å². The monoisotopic (exact) mass is 279 g/mol. The summed E-state index contributed by atoms with van der Waals surface area (Å²) in [5, 5.41) is 8.93. The molecule has 2 rings (SSSR count). The van der Waals surface area contributed by atoms with Crippen molar-refractivity contribution in [3.8, 4) is 11.8 Å². The van der Waals surface area contributed by atoms with Gasteiger partial charge in [0.2, 0.25) is 0 Å². The topological polar surface area (TPSA) is 33.0 Å². The van der Waals surface area contributed by atoms with Crippen LogP contribution in [0.1, 0.15) is 31.2 Å². The van der Waals surface area contributed by atoms with Gasteiger partial charge in [0, 0.05) is 4.47 Å². The third kappa shape index (κ3) is 2.76. The molecule has 1 aliphatic carbocycles. The molecule has 0 spiro atoms. The molecule has 0 unspecified atom stereocenters. The van der Waals surface area contributed by atoms with Crippen LogP contribution in [-0.2, 0) is 0 Å². The fraction of sp³-hybridized carbons (Fsp3) is 0.462. The molecule has 1 saturated carbocycles. The summed E-state index contributed by atoms with van der Waals surface area (Å²) in [5.41, 5.74) is 0.608. The van der Waals surface area contributed by atoms with Gasteiger partial charge in [0.15, 0.2) is 0 Å². The molecule has 0 bridgehead atoms.